The number of hydrogen-bond donors (Lipinski definition) is 0. The molecular weight excluding hydrogens is 733 g/mol. The summed E-state index contributed by atoms with van der Waals surface area (Å²) < 4.78 is 16.2. The minimum Gasteiger partial charge on any atom is -0.455 e. The van der Waals surface area contributed by atoms with Crippen molar-refractivity contribution in [3.63, 3.8) is 0 Å². The molecule has 0 radical (unpaired) electrons. The molecule has 0 saturated heterocycles. The Morgan fingerprint density at radius 2 is 1.23 bits per heavy atom. The molecule has 11 aromatic rings. The van der Waals surface area contributed by atoms with Crippen LogP contribution in [-0.2, 0) is 0 Å². The first-order valence-corrected chi connectivity index (χ1v) is 21.0. The van der Waals surface area contributed by atoms with E-state index in [0.717, 1.165) is 85.5 Å². The Morgan fingerprint density at radius 3 is 2.03 bits per heavy atom. The van der Waals surface area contributed by atoms with Crippen molar-refractivity contribution < 1.29 is 8.83 Å². The minimum absolute atomic E-state index is 0.164. The summed E-state index contributed by atoms with van der Waals surface area (Å²) in [5, 5.41) is 11.8. The van der Waals surface area contributed by atoms with Crippen molar-refractivity contribution in [1.82, 2.24) is 4.57 Å². The second-order valence-corrected chi connectivity index (χ2v) is 16.2. The molecule has 0 N–H and O–H groups in total. The van der Waals surface area contributed by atoms with Gasteiger partial charge in [0.25, 0.3) is 0 Å². The molecule has 3 aromatic heterocycles. The molecule has 0 saturated carbocycles. The summed E-state index contributed by atoms with van der Waals surface area (Å²) in [7, 11) is 0. The van der Waals surface area contributed by atoms with Crippen molar-refractivity contribution in [2.45, 2.75) is 25.3 Å². The van der Waals surface area contributed by atoms with Gasteiger partial charge in [0, 0.05) is 65.9 Å². The molecule has 3 heterocycles. The molecule has 1 atom stereocenters. The number of para-hydroxylation sites is 3. The van der Waals surface area contributed by atoms with Gasteiger partial charge >= 0.3 is 0 Å². The first-order valence-electron chi connectivity index (χ1n) is 21.0. The lowest BCUT2D eigenvalue weighted by molar-refractivity contribution is 0.642. The molecular formula is C56H38N2O2. The Bertz CT molecular complexity index is 3660. The summed E-state index contributed by atoms with van der Waals surface area (Å²) in [4.78, 5) is 2.53. The highest BCUT2D eigenvalue weighted by molar-refractivity contribution is 6.19. The van der Waals surface area contributed by atoms with E-state index in [0.29, 0.717) is 0 Å². The second kappa shape index (κ2) is 13.0. The average Bonchev–Trinajstić information content (AvgIpc) is 3.99. The van der Waals surface area contributed by atoms with Crippen LogP contribution in [0.4, 0.5) is 5.69 Å². The molecule has 0 aliphatic heterocycles. The fraction of sp³-hybridized carbons (Fsp3) is 0.0714. The van der Waals surface area contributed by atoms with Crippen LogP contribution in [-0.4, -0.2) is 4.57 Å². The van der Waals surface area contributed by atoms with Crippen molar-refractivity contribution in [1.29, 1.82) is 0 Å². The third kappa shape index (κ3) is 4.91. The van der Waals surface area contributed by atoms with Gasteiger partial charge in [0.15, 0.2) is 0 Å². The Kier molecular flexibility index (Phi) is 7.23. The lowest BCUT2D eigenvalue weighted by Gasteiger charge is -2.34. The van der Waals surface area contributed by atoms with Gasteiger partial charge in [-0.25, -0.2) is 0 Å². The van der Waals surface area contributed by atoms with E-state index in [1.807, 2.05) is 0 Å². The molecule has 13 rings (SSSR count). The van der Waals surface area contributed by atoms with Crippen LogP contribution in [0.5, 0.6) is 0 Å². The number of allylic oxidation sites excluding steroid dienone is 7. The number of furan rings is 2. The zero-order chi connectivity index (χ0) is 39.3. The fourth-order valence-electron chi connectivity index (χ4n) is 10.3. The number of aromatic nitrogens is 1. The highest BCUT2D eigenvalue weighted by Crippen LogP contribution is 2.46. The summed E-state index contributed by atoms with van der Waals surface area (Å²) in [6.45, 7) is 0. The van der Waals surface area contributed by atoms with E-state index in [-0.39, 0.29) is 6.04 Å². The van der Waals surface area contributed by atoms with Crippen LogP contribution in [0.3, 0.4) is 0 Å². The van der Waals surface area contributed by atoms with Gasteiger partial charge in [0.1, 0.15) is 22.3 Å². The van der Waals surface area contributed by atoms with Crippen LogP contribution in [0.15, 0.2) is 208 Å². The van der Waals surface area contributed by atoms with Crippen molar-refractivity contribution in [2.75, 3.05) is 4.90 Å². The van der Waals surface area contributed by atoms with Crippen LogP contribution >= 0.6 is 0 Å². The molecule has 0 fully saturated rings. The molecule has 2 aliphatic carbocycles. The number of rotatable bonds is 5. The Morgan fingerprint density at radius 1 is 0.533 bits per heavy atom. The largest absolute Gasteiger partial charge is 0.455 e. The van der Waals surface area contributed by atoms with Gasteiger partial charge in [0.05, 0.1) is 17.1 Å². The normalized spacial score (nSPS) is 15.9. The molecule has 0 bridgehead atoms. The van der Waals surface area contributed by atoms with Gasteiger partial charge in [-0.1, -0.05) is 140 Å². The zero-order valence-electron chi connectivity index (χ0n) is 32.8. The van der Waals surface area contributed by atoms with Crippen molar-refractivity contribution in [3.05, 3.63) is 205 Å². The maximum absolute atomic E-state index is 6.87. The highest BCUT2D eigenvalue weighted by atomic mass is 16.3. The first kappa shape index (κ1) is 33.4. The highest BCUT2D eigenvalue weighted by Gasteiger charge is 2.28. The third-order valence-electron chi connectivity index (χ3n) is 12.9. The van der Waals surface area contributed by atoms with Crippen LogP contribution in [0.2, 0.25) is 0 Å². The fourth-order valence-corrected chi connectivity index (χ4v) is 10.3. The molecule has 1 unspecified atom stereocenters. The van der Waals surface area contributed by atoms with E-state index in [1.165, 1.54) is 49.2 Å². The molecule has 2 aliphatic rings. The molecule has 60 heavy (non-hydrogen) atoms. The summed E-state index contributed by atoms with van der Waals surface area (Å²) in [6.07, 6.45) is 14.5. The topological polar surface area (TPSA) is 34.5 Å². The van der Waals surface area contributed by atoms with E-state index in [9.17, 15) is 0 Å². The van der Waals surface area contributed by atoms with Gasteiger partial charge in [0.2, 0.25) is 0 Å². The van der Waals surface area contributed by atoms with Gasteiger partial charge in [-0.3, -0.25) is 0 Å². The summed E-state index contributed by atoms with van der Waals surface area (Å²) >= 11 is 0. The van der Waals surface area contributed by atoms with Crippen LogP contribution in [0.1, 0.15) is 30.9 Å². The summed E-state index contributed by atoms with van der Waals surface area (Å²) in [5.41, 5.74) is 11.9. The van der Waals surface area contributed by atoms with Gasteiger partial charge in [-0.15, -0.1) is 0 Å². The van der Waals surface area contributed by atoms with E-state index in [4.69, 9.17) is 8.83 Å². The van der Waals surface area contributed by atoms with E-state index >= 15 is 0 Å². The third-order valence-corrected chi connectivity index (χ3v) is 12.9. The standard InChI is InChI=1S/C56H38N2O2/c1-2-15-37-34-53-47(33-36(37)14-1)45-21-11-20-44(56(45)60-53)43-19-7-10-24-50(43)58(51-25-12-26-52-54(51)46-32-27-35-13-3-4-16-40(35)55(46)59-52)39-30-28-38(29-31-39)57-48-22-8-5-17-41(48)42-18-6-9-23-49(42)57/h1-9,11-23,25-28,30-34,38H,10,24,29H2. The summed E-state index contributed by atoms with van der Waals surface area (Å²) in [6, 6.07) is 56.9. The quantitative estimate of drug-likeness (QED) is 0.175. The number of nitrogens with zero attached hydrogens (tertiary/aromatic N) is 2. The Hall–Kier alpha value is -7.56. The SMILES string of the molecule is C1=CC(c2cccc3c2oc2cc4ccccc4cc23)=C(N(C2=CCC(n3c4ccccc4c4ccccc43)C=C2)c2cccc3oc4c5ccccc5ccc4c23)CC1. The smallest absolute Gasteiger partial charge is 0.143 e. The van der Waals surface area contributed by atoms with Gasteiger partial charge in [-0.05, 0) is 84.0 Å². The lowest BCUT2D eigenvalue weighted by atomic mass is 9.92. The number of anilines is 1. The first-order chi connectivity index (χ1) is 29.8. The maximum Gasteiger partial charge on any atom is 0.143 e. The summed E-state index contributed by atoms with van der Waals surface area (Å²) in [5.74, 6) is 0. The van der Waals surface area contributed by atoms with Gasteiger partial charge < -0.3 is 18.3 Å². The zero-order valence-corrected chi connectivity index (χ0v) is 32.8. The van der Waals surface area contributed by atoms with E-state index in [2.05, 4.69) is 198 Å². The lowest BCUT2D eigenvalue weighted by Crippen LogP contribution is -2.25. The van der Waals surface area contributed by atoms with Crippen LogP contribution in [0, 0.1) is 0 Å². The van der Waals surface area contributed by atoms with Gasteiger partial charge in [-0.2, -0.15) is 0 Å². The molecule has 284 valence electrons. The van der Waals surface area contributed by atoms with E-state index in [1.54, 1.807) is 0 Å². The van der Waals surface area contributed by atoms with Crippen molar-refractivity contribution >= 4 is 98.5 Å². The van der Waals surface area contributed by atoms with Crippen LogP contribution < -0.4 is 4.90 Å². The number of hydrogen-bond acceptors (Lipinski definition) is 3. The molecule has 0 spiro atoms. The predicted octanol–water partition coefficient (Wildman–Crippen LogP) is 15.6. The van der Waals surface area contributed by atoms with Crippen molar-refractivity contribution in [3.8, 4) is 0 Å². The van der Waals surface area contributed by atoms with Crippen LogP contribution in [0.25, 0.3) is 92.8 Å². The average molecular weight is 771 g/mol. The van der Waals surface area contributed by atoms with Crippen molar-refractivity contribution in [2.24, 2.45) is 0 Å². The minimum atomic E-state index is 0.164. The monoisotopic (exact) mass is 770 g/mol. The molecule has 4 nitrogen and oxygen atoms in total. The van der Waals surface area contributed by atoms with E-state index < -0.39 is 0 Å². The molecule has 0 amide bonds. The predicted molar refractivity (Wildman–Crippen MR) is 251 cm³/mol. The molecule has 8 aromatic carbocycles. The number of fused-ring (bicyclic) bond motifs is 12. The number of benzene rings is 8. The Balaban J connectivity index is 1.04. The molecule has 4 heteroatoms. The Labute approximate surface area is 345 Å². The maximum atomic E-state index is 6.87. The second-order valence-electron chi connectivity index (χ2n) is 16.2.